The Bertz CT molecular complexity index is 735. The van der Waals surface area contributed by atoms with E-state index in [0.717, 1.165) is 0 Å². The van der Waals surface area contributed by atoms with Crippen LogP contribution in [-0.2, 0) is 6.54 Å². The van der Waals surface area contributed by atoms with E-state index in [1.54, 1.807) is 25.2 Å². The zero-order valence-electron chi connectivity index (χ0n) is 10.9. The fraction of sp³-hybridized carbons (Fsp3) is 0.231. The molecule has 98 valence electrons. The molecular weight excluding hydrogens is 242 g/mol. The number of aryl methyl sites for hydroxylation is 1. The van der Waals surface area contributed by atoms with E-state index in [9.17, 15) is 4.79 Å². The third kappa shape index (κ3) is 2.12. The monoisotopic (exact) mass is 257 g/mol. The van der Waals surface area contributed by atoms with Gasteiger partial charge in [-0.1, -0.05) is 12.2 Å². The molecule has 0 saturated heterocycles. The van der Waals surface area contributed by atoms with Gasteiger partial charge in [0.1, 0.15) is 17.0 Å². The van der Waals surface area contributed by atoms with Gasteiger partial charge < -0.3 is 0 Å². The first kappa shape index (κ1) is 12.9. The van der Waals surface area contributed by atoms with Gasteiger partial charge in [0, 0.05) is 6.20 Å². The first-order valence-electron chi connectivity index (χ1n) is 5.87. The third-order valence-electron chi connectivity index (χ3n) is 2.65. The zero-order valence-corrected chi connectivity index (χ0v) is 10.9. The van der Waals surface area contributed by atoms with E-state index in [2.05, 4.69) is 16.5 Å². The van der Waals surface area contributed by atoms with Crippen molar-refractivity contribution in [2.75, 3.05) is 0 Å². The molecule has 0 atom stereocenters. The van der Waals surface area contributed by atoms with E-state index in [4.69, 9.17) is 5.41 Å². The molecule has 0 aliphatic carbocycles. The lowest BCUT2D eigenvalue weighted by molar-refractivity contribution is 0.626. The normalized spacial score (nSPS) is 11.3. The average molecular weight is 257 g/mol. The molecule has 6 heteroatoms. The Morgan fingerprint density at radius 2 is 2.32 bits per heavy atom. The largest absolute Gasteiger partial charge is 0.283 e. The highest BCUT2D eigenvalue weighted by atomic mass is 16.1. The van der Waals surface area contributed by atoms with E-state index in [-0.39, 0.29) is 11.4 Å². The number of nitrogens with zero attached hydrogens (tertiary/aromatic N) is 4. The summed E-state index contributed by atoms with van der Waals surface area (Å²) in [5, 5.41) is 8.44. The Hall–Kier alpha value is -2.50. The number of aromatic nitrogens is 4. The fourth-order valence-electron chi connectivity index (χ4n) is 1.87. The first-order chi connectivity index (χ1) is 9.10. The van der Waals surface area contributed by atoms with Gasteiger partial charge in [0.2, 0.25) is 0 Å². The molecule has 0 fully saturated rings. The molecule has 2 aromatic rings. The smallest absolute Gasteiger partial charge is 0.278 e. The van der Waals surface area contributed by atoms with E-state index >= 15 is 0 Å². The third-order valence-corrected chi connectivity index (χ3v) is 2.65. The van der Waals surface area contributed by atoms with Crippen LogP contribution in [0.4, 0.5) is 0 Å². The Balaban J connectivity index is 2.86. The van der Waals surface area contributed by atoms with E-state index in [1.165, 1.54) is 15.6 Å². The van der Waals surface area contributed by atoms with Gasteiger partial charge in [-0.2, -0.15) is 0 Å². The van der Waals surface area contributed by atoms with Crippen LogP contribution in [0, 0.1) is 12.3 Å². The Labute approximate surface area is 110 Å². The van der Waals surface area contributed by atoms with Gasteiger partial charge in [-0.15, -0.1) is 6.58 Å². The van der Waals surface area contributed by atoms with Crippen molar-refractivity contribution in [1.29, 1.82) is 5.41 Å². The summed E-state index contributed by atoms with van der Waals surface area (Å²) in [6.07, 6.45) is 6.46. The van der Waals surface area contributed by atoms with Crippen molar-refractivity contribution in [2.45, 2.75) is 20.4 Å². The minimum absolute atomic E-state index is 0.176. The highest BCUT2D eigenvalue weighted by Gasteiger charge is 2.16. The topological polar surface area (TPSA) is 76.6 Å². The van der Waals surface area contributed by atoms with E-state index in [1.807, 2.05) is 6.92 Å². The molecule has 0 bridgehead atoms. The highest BCUT2D eigenvalue weighted by molar-refractivity contribution is 5.97. The van der Waals surface area contributed by atoms with Crippen LogP contribution in [0.15, 0.2) is 35.8 Å². The van der Waals surface area contributed by atoms with Gasteiger partial charge in [0.25, 0.3) is 5.56 Å². The van der Waals surface area contributed by atoms with Gasteiger partial charge >= 0.3 is 0 Å². The molecule has 2 heterocycles. The maximum Gasteiger partial charge on any atom is 0.278 e. The number of hydrogen-bond acceptors (Lipinski definition) is 4. The van der Waals surface area contributed by atoms with Crippen molar-refractivity contribution in [1.82, 2.24) is 19.3 Å². The van der Waals surface area contributed by atoms with Gasteiger partial charge in [-0.25, -0.2) is 19.3 Å². The molecule has 19 heavy (non-hydrogen) atoms. The van der Waals surface area contributed by atoms with Crippen molar-refractivity contribution in [3.63, 3.8) is 0 Å². The van der Waals surface area contributed by atoms with Crippen LogP contribution >= 0.6 is 0 Å². The fourth-order valence-corrected chi connectivity index (χ4v) is 1.87. The predicted octanol–water partition coefficient (Wildman–Crippen LogP) is 1.49. The first-order valence-corrected chi connectivity index (χ1v) is 5.87. The van der Waals surface area contributed by atoms with Crippen molar-refractivity contribution >= 4 is 16.9 Å². The zero-order chi connectivity index (χ0) is 14.0. The standard InChI is InChI=1S/C13H15N5O/c1-4-6-11(14)18-12-10(8-15-9(3)16-12)13(19)17(18)7-5-2/h4-6,8,14H,2,7H2,1,3H3/b6-4-,14-11?. The Kier molecular flexibility index (Phi) is 3.41. The second kappa shape index (κ2) is 5.01. The van der Waals surface area contributed by atoms with Crippen molar-refractivity contribution in [3.8, 4) is 0 Å². The van der Waals surface area contributed by atoms with E-state index < -0.39 is 0 Å². The van der Waals surface area contributed by atoms with Crippen LogP contribution in [0.1, 0.15) is 12.7 Å². The number of fused-ring (bicyclic) bond motifs is 1. The minimum Gasteiger partial charge on any atom is -0.283 e. The summed E-state index contributed by atoms with van der Waals surface area (Å²) in [6, 6.07) is 0. The van der Waals surface area contributed by atoms with Crippen LogP contribution in [-0.4, -0.2) is 25.2 Å². The summed E-state index contributed by atoms with van der Waals surface area (Å²) in [5.41, 5.74) is 0.228. The summed E-state index contributed by atoms with van der Waals surface area (Å²) in [4.78, 5) is 20.6. The van der Waals surface area contributed by atoms with Crippen LogP contribution in [0.5, 0.6) is 0 Å². The lowest BCUT2D eigenvalue weighted by atomic mass is 10.4. The van der Waals surface area contributed by atoms with Crippen LogP contribution < -0.4 is 5.56 Å². The van der Waals surface area contributed by atoms with Gasteiger partial charge in [0.05, 0.1) is 6.54 Å². The summed E-state index contributed by atoms with van der Waals surface area (Å²) >= 11 is 0. The molecular formula is C13H15N5O. The summed E-state index contributed by atoms with van der Waals surface area (Å²) in [7, 11) is 0. The van der Waals surface area contributed by atoms with Crippen LogP contribution in [0.2, 0.25) is 0 Å². The SMILES string of the molecule is C=CCn1c(=O)c2cnc(C)nc2n1C(=N)/C=C\C. The van der Waals surface area contributed by atoms with Crippen molar-refractivity contribution in [2.24, 2.45) is 0 Å². The summed E-state index contributed by atoms with van der Waals surface area (Å²) in [6.45, 7) is 7.51. The molecule has 0 spiro atoms. The summed E-state index contributed by atoms with van der Waals surface area (Å²) < 4.78 is 2.90. The molecule has 6 nitrogen and oxygen atoms in total. The molecule has 0 unspecified atom stereocenters. The Morgan fingerprint density at radius 3 is 2.95 bits per heavy atom. The Morgan fingerprint density at radius 1 is 1.58 bits per heavy atom. The van der Waals surface area contributed by atoms with Gasteiger partial charge in [0.15, 0.2) is 5.65 Å². The van der Waals surface area contributed by atoms with Gasteiger partial charge in [-0.3, -0.25) is 10.2 Å². The molecule has 2 aromatic heterocycles. The number of rotatable bonds is 3. The van der Waals surface area contributed by atoms with Crippen LogP contribution in [0.25, 0.3) is 11.0 Å². The second-order valence-electron chi connectivity index (χ2n) is 4.03. The molecule has 0 aliphatic heterocycles. The minimum atomic E-state index is -0.218. The molecule has 1 N–H and O–H groups in total. The van der Waals surface area contributed by atoms with Crippen molar-refractivity contribution in [3.05, 3.63) is 47.2 Å². The summed E-state index contributed by atoms with van der Waals surface area (Å²) in [5.74, 6) is 0.736. The number of hydrogen-bond donors (Lipinski definition) is 1. The quantitative estimate of drug-likeness (QED) is 0.514. The van der Waals surface area contributed by atoms with E-state index in [0.29, 0.717) is 23.4 Å². The van der Waals surface area contributed by atoms with Crippen molar-refractivity contribution < 1.29 is 0 Å². The maximum atomic E-state index is 12.3. The molecule has 2 rings (SSSR count). The molecule has 0 radical (unpaired) electrons. The molecule has 0 saturated carbocycles. The van der Waals surface area contributed by atoms with Crippen LogP contribution in [0.3, 0.4) is 0 Å². The average Bonchev–Trinajstić information content (AvgIpc) is 2.63. The molecule has 0 amide bonds. The maximum absolute atomic E-state index is 12.3. The number of allylic oxidation sites excluding steroid dienone is 3. The molecule has 0 aromatic carbocycles. The number of nitrogens with one attached hydrogen (secondary N) is 1. The van der Waals surface area contributed by atoms with Gasteiger partial charge in [-0.05, 0) is 19.9 Å². The predicted molar refractivity (Wildman–Crippen MR) is 74.7 cm³/mol. The molecule has 0 aliphatic rings. The second-order valence-corrected chi connectivity index (χ2v) is 4.03. The highest BCUT2D eigenvalue weighted by Crippen LogP contribution is 2.08. The lowest BCUT2D eigenvalue weighted by Gasteiger charge is -2.08. The lowest BCUT2D eigenvalue weighted by Crippen LogP contribution is -2.26.